The molecule has 0 atom stereocenters. The van der Waals surface area contributed by atoms with Gasteiger partial charge in [0.05, 0.1) is 10.6 Å². The van der Waals surface area contributed by atoms with Crippen molar-refractivity contribution in [3.05, 3.63) is 27.8 Å². The number of hydrogen-bond acceptors (Lipinski definition) is 4. The average Bonchev–Trinajstić information content (AvgIpc) is 2.81. The molecule has 0 aromatic carbocycles. The van der Waals surface area contributed by atoms with Crippen LogP contribution in [-0.4, -0.2) is 16.5 Å². The van der Waals surface area contributed by atoms with Gasteiger partial charge < -0.3 is 5.32 Å². The molecule has 0 saturated carbocycles. The second-order valence-electron chi connectivity index (χ2n) is 3.98. The quantitative estimate of drug-likeness (QED) is 0.844. The molecule has 0 saturated heterocycles. The van der Waals surface area contributed by atoms with Crippen LogP contribution < -0.4 is 5.32 Å². The number of nitrogens with one attached hydrogen (secondary N) is 1. The summed E-state index contributed by atoms with van der Waals surface area (Å²) in [5.74, 6) is -0.946. The minimum atomic E-state index is -4.57. The van der Waals surface area contributed by atoms with Crippen LogP contribution in [-0.2, 0) is 6.18 Å². The van der Waals surface area contributed by atoms with E-state index in [2.05, 4.69) is 31.2 Å². The van der Waals surface area contributed by atoms with Crippen LogP contribution in [0.1, 0.15) is 19.2 Å². The molecular weight excluding hydrogens is 355 g/mol. The Morgan fingerprint density at radius 2 is 2.10 bits per heavy atom. The fraction of sp³-hybridized carbons (Fsp3) is 0.333. The summed E-state index contributed by atoms with van der Waals surface area (Å²) in [5, 5.41) is 4.65. The Hall–Kier alpha value is -1.15. The summed E-state index contributed by atoms with van der Waals surface area (Å²) in [7, 11) is 0. The molecule has 0 spiro atoms. The summed E-state index contributed by atoms with van der Waals surface area (Å²) in [4.78, 5) is 7.79. The highest BCUT2D eigenvalue weighted by Gasteiger charge is 2.35. The molecule has 2 heterocycles. The van der Waals surface area contributed by atoms with E-state index >= 15 is 0 Å². The van der Waals surface area contributed by atoms with Crippen LogP contribution in [0.2, 0.25) is 0 Å². The minimum absolute atomic E-state index is 0.185. The van der Waals surface area contributed by atoms with Crippen molar-refractivity contribution in [1.29, 1.82) is 0 Å². The lowest BCUT2D eigenvalue weighted by atomic mass is 10.3. The lowest BCUT2D eigenvalue weighted by Crippen LogP contribution is -2.14. The van der Waals surface area contributed by atoms with Crippen LogP contribution in [0.3, 0.4) is 0 Å². The van der Waals surface area contributed by atoms with Gasteiger partial charge in [-0.05, 0) is 33.8 Å². The van der Waals surface area contributed by atoms with E-state index in [4.69, 9.17) is 0 Å². The van der Waals surface area contributed by atoms with Crippen molar-refractivity contribution in [2.75, 3.05) is 11.9 Å². The minimum Gasteiger partial charge on any atom is -0.370 e. The van der Waals surface area contributed by atoms with E-state index in [0.717, 1.165) is 10.9 Å². The molecule has 3 nitrogen and oxygen atoms in total. The first-order valence-corrected chi connectivity index (χ1v) is 7.52. The van der Waals surface area contributed by atoms with Gasteiger partial charge in [0.25, 0.3) is 0 Å². The van der Waals surface area contributed by atoms with Crippen molar-refractivity contribution >= 4 is 33.1 Å². The molecule has 2 aromatic rings. The molecular formula is C12H11BrF3N3S. The van der Waals surface area contributed by atoms with Crippen molar-refractivity contribution < 1.29 is 13.2 Å². The Kier molecular flexibility index (Phi) is 4.64. The van der Waals surface area contributed by atoms with Crippen molar-refractivity contribution in [2.24, 2.45) is 0 Å². The van der Waals surface area contributed by atoms with E-state index in [9.17, 15) is 13.2 Å². The van der Waals surface area contributed by atoms with Gasteiger partial charge in [0.15, 0.2) is 0 Å². The number of rotatable bonds is 4. The Bertz CT molecular complexity index is 598. The highest BCUT2D eigenvalue weighted by atomic mass is 79.9. The van der Waals surface area contributed by atoms with Crippen molar-refractivity contribution in [3.63, 3.8) is 0 Å². The van der Waals surface area contributed by atoms with E-state index in [-0.39, 0.29) is 11.5 Å². The van der Waals surface area contributed by atoms with Gasteiger partial charge in [0, 0.05) is 17.1 Å². The highest BCUT2D eigenvalue weighted by molar-refractivity contribution is 9.10. The van der Waals surface area contributed by atoms with Gasteiger partial charge in [-0.15, -0.1) is 11.3 Å². The molecule has 8 heteroatoms. The first-order chi connectivity index (χ1) is 9.41. The Labute approximate surface area is 126 Å². The average molecular weight is 366 g/mol. The molecule has 2 aromatic heterocycles. The summed E-state index contributed by atoms with van der Waals surface area (Å²) in [6.07, 6.45) is -3.77. The van der Waals surface area contributed by atoms with Gasteiger partial charge in [0.1, 0.15) is 5.82 Å². The second-order valence-corrected chi connectivity index (χ2v) is 5.75. The third-order valence-corrected chi connectivity index (χ3v) is 4.25. The number of halogens is 4. The summed E-state index contributed by atoms with van der Waals surface area (Å²) < 4.78 is 39.3. The summed E-state index contributed by atoms with van der Waals surface area (Å²) in [6, 6.07) is 3.30. The lowest BCUT2D eigenvalue weighted by Gasteiger charge is -2.11. The highest BCUT2D eigenvalue weighted by Crippen LogP contribution is 2.35. The van der Waals surface area contributed by atoms with Gasteiger partial charge in [-0.25, -0.2) is 9.97 Å². The molecule has 0 aliphatic carbocycles. The standard InChI is InChI=1S/C12H11BrF3N3S/c1-2-4-17-9-6-8(10-7(13)3-5-20-10)18-11(19-9)12(14,15)16/h3,5-6H,2,4H2,1H3,(H,17,18,19). The van der Waals surface area contributed by atoms with Gasteiger partial charge in [0.2, 0.25) is 5.82 Å². The fourth-order valence-electron chi connectivity index (χ4n) is 1.51. The zero-order valence-corrected chi connectivity index (χ0v) is 12.9. The van der Waals surface area contributed by atoms with E-state index in [0.29, 0.717) is 11.4 Å². The molecule has 0 aliphatic rings. The van der Waals surface area contributed by atoms with Crippen LogP contribution in [0.15, 0.2) is 22.0 Å². The first-order valence-electron chi connectivity index (χ1n) is 5.85. The van der Waals surface area contributed by atoms with Gasteiger partial charge in [-0.2, -0.15) is 13.2 Å². The third kappa shape index (κ3) is 3.49. The van der Waals surface area contributed by atoms with E-state index in [1.165, 1.54) is 17.4 Å². The maximum absolute atomic E-state index is 12.9. The molecule has 0 bridgehead atoms. The molecule has 0 fully saturated rings. The zero-order valence-electron chi connectivity index (χ0n) is 10.5. The smallest absolute Gasteiger partial charge is 0.370 e. The van der Waals surface area contributed by atoms with Crippen LogP contribution in [0.25, 0.3) is 10.6 Å². The fourth-order valence-corrected chi connectivity index (χ4v) is 3.05. The van der Waals surface area contributed by atoms with Crippen molar-refractivity contribution in [1.82, 2.24) is 9.97 Å². The Morgan fingerprint density at radius 3 is 2.65 bits per heavy atom. The Balaban J connectivity index is 2.48. The Morgan fingerprint density at radius 1 is 1.35 bits per heavy atom. The predicted molar refractivity (Wildman–Crippen MR) is 76.8 cm³/mol. The number of thiophene rings is 1. The first kappa shape index (κ1) is 15.2. The summed E-state index contributed by atoms with van der Waals surface area (Å²) in [5.41, 5.74) is 0.257. The normalized spacial score (nSPS) is 11.7. The molecule has 0 unspecified atom stereocenters. The zero-order chi connectivity index (χ0) is 14.8. The van der Waals surface area contributed by atoms with E-state index in [1.54, 1.807) is 11.4 Å². The number of anilines is 1. The van der Waals surface area contributed by atoms with Crippen LogP contribution in [0, 0.1) is 0 Å². The monoisotopic (exact) mass is 365 g/mol. The lowest BCUT2D eigenvalue weighted by molar-refractivity contribution is -0.144. The molecule has 1 N–H and O–H groups in total. The van der Waals surface area contributed by atoms with Gasteiger partial charge >= 0.3 is 6.18 Å². The number of aromatic nitrogens is 2. The number of alkyl halides is 3. The maximum atomic E-state index is 12.9. The molecule has 0 aliphatic heterocycles. The summed E-state index contributed by atoms with van der Waals surface area (Å²) in [6.45, 7) is 2.48. The maximum Gasteiger partial charge on any atom is 0.451 e. The predicted octanol–water partition coefficient (Wildman–Crippen LogP) is 4.81. The van der Waals surface area contributed by atoms with Crippen LogP contribution in [0.4, 0.5) is 19.0 Å². The number of nitrogens with zero attached hydrogens (tertiary/aromatic N) is 2. The van der Waals surface area contributed by atoms with Gasteiger partial charge in [-0.3, -0.25) is 0 Å². The molecule has 0 amide bonds. The van der Waals surface area contributed by atoms with Gasteiger partial charge in [-0.1, -0.05) is 6.92 Å². The molecule has 20 heavy (non-hydrogen) atoms. The van der Waals surface area contributed by atoms with Crippen molar-refractivity contribution in [3.8, 4) is 10.6 Å². The van der Waals surface area contributed by atoms with Crippen LogP contribution >= 0.6 is 27.3 Å². The third-order valence-electron chi connectivity index (χ3n) is 2.39. The van der Waals surface area contributed by atoms with E-state index < -0.39 is 12.0 Å². The topological polar surface area (TPSA) is 37.8 Å². The number of hydrogen-bond donors (Lipinski definition) is 1. The SMILES string of the molecule is CCCNc1cc(-c2sccc2Br)nc(C(F)(F)F)n1. The molecule has 2 rings (SSSR count). The molecule has 0 radical (unpaired) electrons. The largest absolute Gasteiger partial charge is 0.451 e. The van der Waals surface area contributed by atoms with Crippen molar-refractivity contribution in [2.45, 2.75) is 19.5 Å². The van der Waals surface area contributed by atoms with E-state index in [1.807, 2.05) is 6.92 Å². The van der Waals surface area contributed by atoms with Crippen LogP contribution in [0.5, 0.6) is 0 Å². The second kappa shape index (κ2) is 6.09. The summed E-state index contributed by atoms with van der Waals surface area (Å²) >= 11 is 4.63. The molecule has 108 valence electrons.